The lowest BCUT2D eigenvalue weighted by Gasteiger charge is -2.18. The van der Waals surface area contributed by atoms with Crippen molar-refractivity contribution in [3.05, 3.63) is 16.0 Å². The third-order valence-corrected chi connectivity index (χ3v) is 5.76. The van der Waals surface area contributed by atoms with Crippen molar-refractivity contribution >= 4 is 28.2 Å². The molecule has 1 fully saturated rings. The number of nitrogens with one attached hydrogen (secondary N) is 1. The molecule has 0 saturated heterocycles. The van der Waals surface area contributed by atoms with Gasteiger partial charge in [0.2, 0.25) is 0 Å². The van der Waals surface area contributed by atoms with Crippen LogP contribution in [0, 0.1) is 11.8 Å². The number of fused-ring (bicyclic) bond motifs is 1. The molecular weight excluding hydrogens is 338 g/mol. The first kappa shape index (κ1) is 18.4. The van der Waals surface area contributed by atoms with Crippen LogP contribution in [0.25, 0.3) is 0 Å². The van der Waals surface area contributed by atoms with Gasteiger partial charge in [0.15, 0.2) is 0 Å². The highest BCUT2D eigenvalue weighted by molar-refractivity contribution is 7.17. The molecule has 1 unspecified atom stereocenters. The van der Waals surface area contributed by atoms with Gasteiger partial charge in [0.1, 0.15) is 11.6 Å². The first-order chi connectivity index (χ1) is 11.9. The van der Waals surface area contributed by atoms with Gasteiger partial charge in [0, 0.05) is 4.88 Å². The van der Waals surface area contributed by atoms with E-state index in [-0.39, 0.29) is 24.6 Å². The van der Waals surface area contributed by atoms with E-state index in [4.69, 9.17) is 9.47 Å². The smallest absolute Gasteiger partial charge is 0.341 e. The van der Waals surface area contributed by atoms with Crippen molar-refractivity contribution in [2.45, 2.75) is 59.0 Å². The van der Waals surface area contributed by atoms with Gasteiger partial charge >= 0.3 is 5.97 Å². The number of hydrogen-bond donors (Lipinski definition) is 1. The third kappa shape index (κ3) is 4.82. The highest BCUT2D eigenvalue weighted by Crippen LogP contribution is 2.40. The van der Waals surface area contributed by atoms with Crippen LogP contribution in [-0.2, 0) is 27.1 Å². The Hall–Kier alpha value is -1.40. The van der Waals surface area contributed by atoms with Crippen molar-refractivity contribution in [2.24, 2.45) is 11.8 Å². The topological polar surface area (TPSA) is 64.6 Å². The Kier molecular flexibility index (Phi) is 5.79. The summed E-state index contributed by atoms with van der Waals surface area (Å²) in [5.41, 5.74) is 1.61. The highest BCUT2D eigenvalue weighted by atomic mass is 32.1. The number of anilines is 1. The maximum absolute atomic E-state index is 12.6. The van der Waals surface area contributed by atoms with Crippen molar-refractivity contribution in [1.82, 2.24) is 0 Å². The van der Waals surface area contributed by atoms with E-state index in [1.54, 1.807) is 0 Å². The van der Waals surface area contributed by atoms with E-state index in [0.29, 0.717) is 29.0 Å². The Bertz CT molecular complexity index is 648. The minimum Gasteiger partial charge on any atom is -0.459 e. The van der Waals surface area contributed by atoms with Crippen LogP contribution in [0.5, 0.6) is 0 Å². The van der Waals surface area contributed by atoms with Gasteiger partial charge in [-0.25, -0.2) is 4.79 Å². The first-order valence-corrected chi connectivity index (χ1v) is 9.98. The zero-order valence-corrected chi connectivity index (χ0v) is 16.0. The fourth-order valence-electron chi connectivity index (χ4n) is 3.09. The van der Waals surface area contributed by atoms with Gasteiger partial charge < -0.3 is 14.8 Å². The fourth-order valence-corrected chi connectivity index (χ4v) is 4.51. The van der Waals surface area contributed by atoms with Gasteiger partial charge in [-0.05, 0) is 63.4 Å². The van der Waals surface area contributed by atoms with Crippen LogP contribution in [0.3, 0.4) is 0 Å². The predicted octanol–water partition coefficient (Wildman–Crippen LogP) is 3.80. The molecule has 1 saturated carbocycles. The van der Waals surface area contributed by atoms with Crippen LogP contribution in [0.4, 0.5) is 5.00 Å². The summed E-state index contributed by atoms with van der Waals surface area (Å²) in [7, 11) is 0. The average Bonchev–Trinajstić information content (AvgIpc) is 3.26. The molecule has 6 heteroatoms. The molecule has 1 aromatic rings. The van der Waals surface area contributed by atoms with Crippen molar-refractivity contribution in [1.29, 1.82) is 0 Å². The maximum atomic E-state index is 12.6. The Morgan fingerprint density at radius 1 is 1.28 bits per heavy atom. The quantitative estimate of drug-likeness (QED) is 0.747. The predicted molar refractivity (Wildman–Crippen MR) is 98.2 cm³/mol. The van der Waals surface area contributed by atoms with Crippen molar-refractivity contribution in [2.75, 3.05) is 18.5 Å². The zero-order chi connectivity index (χ0) is 18.0. The molecule has 3 rings (SSSR count). The number of rotatable bonds is 7. The molecule has 2 aliphatic carbocycles. The molecule has 138 valence electrons. The van der Waals surface area contributed by atoms with E-state index in [1.807, 2.05) is 13.8 Å². The number of thiophene rings is 1. The molecule has 1 atom stereocenters. The standard InChI is InChI=1S/C19H27NO4S/c1-11(2)24-19(22)17-14-7-4-12(3)8-15(14)25-18(17)20-16(21)10-23-9-13-5-6-13/h11-13H,4-10H2,1-3H3,(H,20,21). The van der Waals surface area contributed by atoms with Crippen LogP contribution in [0.2, 0.25) is 0 Å². The zero-order valence-electron chi connectivity index (χ0n) is 15.2. The Labute approximate surface area is 153 Å². The second-order valence-corrected chi connectivity index (χ2v) is 8.62. The maximum Gasteiger partial charge on any atom is 0.341 e. The molecule has 0 aromatic carbocycles. The number of hydrogen-bond acceptors (Lipinski definition) is 5. The Balaban J connectivity index is 1.73. The minimum absolute atomic E-state index is 0.0359. The molecule has 25 heavy (non-hydrogen) atoms. The molecule has 0 spiro atoms. The summed E-state index contributed by atoms with van der Waals surface area (Å²) in [5.74, 6) is 0.688. The van der Waals surface area contributed by atoms with E-state index in [9.17, 15) is 9.59 Å². The van der Waals surface area contributed by atoms with E-state index >= 15 is 0 Å². The molecule has 1 heterocycles. The summed E-state index contributed by atoms with van der Waals surface area (Å²) in [6.07, 6.45) is 5.09. The second-order valence-electron chi connectivity index (χ2n) is 7.52. The lowest BCUT2D eigenvalue weighted by atomic mass is 9.88. The second kappa shape index (κ2) is 7.87. The molecule has 1 amide bonds. The largest absolute Gasteiger partial charge is 0.459 e. The summed E-state index contributed by atoms with van der Waals surface area (Å²) < 4.78 is 10.9. The molecule has 1 aromatic heterocycles. The molecule has 0 bridgehead atoms. The Morgan fingerprint density at radius 3 is 2.72 bits per heavy atom. The van der Waals surface area contributed by atoms with E-state index < -0.39 is 0 Å². The third-order valence-electron chi connectivity index (χ3n) is 4.60. The summed E-state index contributed by atoms with van der Waals surface area (Å²) in [6, 6.07) is 0. The van der Waals surface area contributed by atoms with Crippen LogP contribution >= 0.6 is 11.3 Å². The number of amides is 1. The van der Waals surface area contributed by atoms with Gasteiger partial charge in [-0.3, -0.25) is 4.79 Å². The lowest BCUT2D eigenvalue weighted by molar-refractivity contribution is -0.120. The van der Waals surface area contributed by atoms with Gasteiger partial charge in [0.05, 0.1) is 18.3 Å². The average molecular weight is 365 g/mol. The molecule has 1 N–H and O–H groups in total. The molecule has 0 aliphatic heterocycles. The van der Waals surface area contributed by atoms with Gasteiger partial charge in [-0.1, -0.05) is 6.92 Å². The minimum atomic E-state index is -0.337. The van der Waals surface area contributed by atoms with Gasteiger partial charge in [-0.2, -0.15) is 0 Å². The first-order valence-electron chi connectivity index (χ1n) is 9.17. The number of esters is 1. The van der Waals surface area contributed by atoms with Gasteiger partial charge in [0.25, 0.3) is 5.91 Å². The summed E-state index contributed by atoms with van der Waals surface area (Å²) in [4.78, 5) is 26.0. The molecule has 0 radical (unpaired) electrons. The van der Waals surface area contributed by atoms with E-state index in [1.165, 1.54) is 29.1 Å². The fraction of sp³-hybridized carbons (Fsp3) is 0.684. The Morgan fingerprint density at radius 2 is 2.04 bits per heavy atom. The van der Waals surface area contributed by atoms with Crippen LogP contribution < -0.4 is 5.32 Å². The summed E-state index contributed by atoms with van der Waals surface area (Å²) in [5, 5.41) is 3.50. The normalized spacial score (nSPS) is 19.6. The van der Waals surface area contributed by atoms with Crippen LogP contribution in [-0.4, -0.2) is 31.2 Å². The molecular formula is C19H27NO4S. The molecule has 5 nitrogen and oxygen atoms in total. The summed E-state index contributed by atoms with van der Waals surface area (Å²) >= 11 is 1.51. The summed E-state index contributed by atoms with van der Waals surface area (Å²) in [6.45, 7) is 6.58. The monoisotopic (exact) mass is 365 g/mol. The van der Waals surface area contributed by atoms with Crippen molar-refractivity contribution < 1.29 is 19.1 Å². The highest BCUT2D eigenvalue weighted by Gasteiger charge is 2.29. The number of carbonyl (C=O) groups is 2. The van der Waals surface area contributed by atoms with Gasteiger partial charge in [-0.15, -0.1) is 11.3 Å². The van der Waals surface area contributed by atoms with Crippen molar-refractivity contribution in [3.8, 4) is 0 Å². The van der Waals surface area contributed by atoms with E-state index in [0.717, 1.165) is 24.8 Å². The van der Waals surface area contributed by atoms with E-state index in [2.05, 4.69) is 12.2 Å². The SMILES string of the molecule is CC1CCc2c(sc(NC(=O)COCC3CC3)c2C(=O)OC(C)C)C1. The molecule has 2 aliphatic rings. The number of carbonyl (C=O) groups excluding carboxylic acids is 2. The van der Waals surface area contributed by atoms with Crippen molar-refractivity contribution in [3.63, 3.8) is 0 Å². The lowest BCUT2D eigenvalue weighted by Crippen LogP contribution is -2.21. The van der Waals surface area contributed by atoms with Crippen LogP contribution in [0.1, 0.15) is 60.8 Å². The number of ether oxygens (including phenoxy) is 2. The van der Waals surface area contributed by atoms with Crippen LogP contribution in [0.15, 0.2) is 0 Å².